The molecule has 214 valence electrons. The number of halogens is 2. The number of benzene rings is 2. The predicted molar refractivity (Wildman–Crippen MR) is 164 cm³/mol. The highest BCUT2D eigenvalue weighted by Gasteiger charge is 2.33. The van der Waals surface area contributed by atoms with Crippen LogP contribution in [0, 0.1) is 22.7 Å². The van der Waals surface area contributed by atoms with E-state index in [0.29, 0.717) is 39.6 Å². The van der Waals surface area contributed by atoms with E-state index in [9.17, 15) is 11.0 Å². The molecule has 0 saturated heterocycles. The van der Waals surface area contributed by atoms with Crippen molar-refractivity contribution in [2.45, 2.75) is 51.6 Å². The number of fused-ring (bicyclic) bond motifs is 1. The zero-order valence-corrected chi connectivity index (χ0v) is 23.8. The number of rotatable bonds is 8. The second-order valence-electron chi connectivity index (χ2n) is 11.0. The van der Waals surface area contributed by atoms with Crippen molar-refractivity contribution < 1.29 is 9.87 Å². The number of aromatic nitrogens is 2. The van der Waals surface area contributed by atoms with E-state index >= 15 is 0 Å². The zero-order chi connectivity index (χ0) is 32.9. The summed E-state index contributed by atoms with van der Waals surface area (Å²) in [6.07, 6.45) is 6.53. The van der Waals surface area contributed by atoms with Gasteiger partial charge in [0.2, 0.25) is 5.95 Å². The molecular formula is C32H32ClFN8. The standard InChI is InChI=1S/C32H32ClFN8/c1-32(2,3)31(19-7-5-4-6-8-19)39-28-21(15-35)17-37-30-24(28)13-22(14-25(30)33)38-29(20-9-12-27(34)36-16-20)26-18-42(41-40-26)23-10-11-23/h4-9,12-14,16-18,23,29,31,38,40-41H,10-11H2,1-3H3,(H,37,39)/t29-,31?/m1/s1/i1D3,29D. The number of hydrogen-bond acceptors (Lipinski definition) is 8. The Kier molecular flexibility index (Phi) is 6.14. The minimum Gasteiger partial charge on any atom is -0.376 e. The summed E-state index contributed by atoms with van der Waals surface area (Å²) in [7, 11) is 0. The van der Waals surface area contributed by atoms with E-state index in [1.54, 1.807) is 32.2 Å². The summed E-state index contributed by atoms with van der Waals surface area (Å²) >= 11 is 6.80. The molecule has 1 saturated carbocycles. The summed E-state index contributed by atoms with van der Waals surface area (Å²) in [5.41, 5.74) is 7.71. The van der Waals surface area contributed by atoms with Crippen LogP contribution >= 0.6 is 11.6 Å². The lowest BCUT2D eigenvalue weighted by atomic mass is 9.82. The highest BCUT2D eigenvalue weighted by molar-refractivity contribution is 6.35. The van der Waals surface area contributed by atoms with Gasteiger partial charge in [0, 0.05) is 39.8 Å². The highest BCUT2D eigenvalue weighted by atomic mass is 35.5. The van der Waals surface area contributed by atoms with Crippen LogP contribution in [0.3, 0.4) is 0 Å². The minimum absolute atomic E-state index is 0.187. The molecule has 2 aromatic carbocycles. The first kappa shape index (κ1) is 23.2. The van der Waals surface area contributed by atoms with Crippen LogP contribution in [0.1, 0.15) is 67.8 Å². The molecular weight excluding hydrogens is 551 g/mol. The lowest BCUT2D eigenvalue weighted by Gasteiger charge is -2.33. The van der Waals surface area contributed by atoms with Gasteiger partial charge in [0.15, 0.2) is 0 Å². The number of anilines is 2. The Labute approximate surface area is 255 Å². The Balaban J connectivity index is 1.48. The van der Waals surface area contributed by atoms with Crippen molar-refractivity contribution in [2.75, 3.05) is 10.6 Å². The molecule has 8 nitrogen and oxygen atoms in total. The second kappa shape index (κ2) is 11.1. The quantitative estimate of drug-likeness (QED) is 0.164. The monoisotopic (exact) mass is 586 g/mol. The maximum absolute atomic E-state index is 13.8. The molecule has 1 fully saturated rings. The van der Waals surface area contributed by atoms with Crippen molar-refractivity contribution in [3.8, 4) is 6.07 Å². The molecule has 1 aliphatic carbocycles. The second-order valence-corrected chi connectivity index (χ2v) is 11.4. The van der Waals surface area contributed by atoms with Crippen LogP contribution in [0.15, 0.2) is 78.9 Å². The van der Waals surface area contributed by atoms with Crippen molar-refractivity contribution in [1.29, 1.82) is 5.26 Å². The molecule has 0 bridgehead atoms. The molecule has 3 heterocycles. The molecule has 0 spiro atoms. The number of hydrogen-bond donors (Lipinski definition) is 4. The lowest BCUT2D eigenvalue weighted by Crippen LogP contribution is -2.38. The van der Waals surface area contributed by atoms with Gasteiger partial charge in [-0.15, -0.1) is 5.53 Å². The summed E-state index contributed by atoms with van der Waals surface area (Å²) in [6.45, 7) is 0.956. The van der Waals surface area contributed by atoms with Gasteiger partial charge < -0.3 is 16.1 Å². The van der Waals surface area contributed by atoms with Crippen LogP contribution in [0.2, 0.25) is 5.02 Å². The van der Waals surface area contributed by atoms with Crippen LogP contribution < -0.4 is 21.6 Å². The molecule has 6 rings (SSSR count). The topological polar surface area (TPSA) is 101 Å². The average molecular weight is 587 g/mol. The Morgan fingerprint density at radius 1 is 1.14 bits per heavy atom. The van der Waals surface area contributed by atoms with Gasteiger partial charge in [0.25, 0.3) is 0 Å². The normalized spacial score (nSPS) is 18.8. The molecule has 4 aromatic rings. The first-order valence-electron chi connectivity index (χ1n) is 15.6. The summed E-state index contributed by atoms with van der Waals surface area (Å²) in [4.78, 5) is 8.24. The van der Waals surface area contributed by atoms with Crippen molar-refractivity contribution in [1.82, 2.24) is 25.9 Å². The molecule has 10 heteroatoms. The summed E-state index contributed by atoms with van der Waals surface area (Å²) in [5, 5.41) is 19.4. The van der Waals surface area contributed by atoms with Crippen molar-refractivity contribution in [2.24, 2.45) is 5.41 Å². The molecule has 2 aliphatic rings. The summed E-state index contributed by atoms with van der Waals surface area (Å²) in [6, 6.07) is 15.2. The van der Waals surface area contributed by atoms with E-state index in [2.05, 4.69) is 37.6 Å². The van der Waals surface area contributed by atoms with Gasteiger partial charge in [-0.3, -0.25) is 9.99 Å². The van der Waals surface area contributed by atoms with E-state index in [4.69, 9.17) is 15.7 Å². The fraction of sp³-hybridized carbons (Fsp3) is 0.281. The molecule has 1 aliphatic heterocycles. The van der Waals surface area contributed by atoms with E-state index in [1.807, 2.05) is 35.3 Å². The minimum atomic E-state index is -2.36. The van der Waals surface area contributed by atoms with Gasteiger partial charge >= 0.3 is 0 Å². The van der Waals surface area contributed by atoms with Crippen LogP contribution in [-0.2, 0) is 0 Å². The molecule has 0 amide bonds. The van der Waals surface area contributed by atoms with Crippen molar-refractivity contribution in [3.05, 3.63) is 107 Å². The van der Waals surface area contributed by atoms with Crippen LogP contribution in [-0.4, -0.2) is 21.0 Å². The van der Waals surface area contributed by atoms with Crippen LogP contribution in [0.5, 0.6) is 0 Å². The number of nitriles is 1. The number of hydrazine groups is 2. The molecule has 42 heavy (non-hydrogen) atoms. The highest BCUT2D eigenvalue weighted by Crippen LogP contribution is 2.41. The Morgan fingerprint density at radius 3 is 2.64 bits per heavy atom. The molecule has 2 aromatic heterocycles. The number of pyridine rings is 2. The number of nitrogens with one attached hydrogen (secondary N) is 4. The van der Waals surface area contributed by atoms with E-state index in [1.165, 1.54) is 24.5 Å². The third-order valence-corrected chi connectivity index (χ3v) is 7.56. The third-order valence-electron chi connectivity index (χ3n) is 7.27. The summed E-state index contributed by atoms with van der Waals surface area (Å²) in [5.74, 6) is -0.676. The van der Waals surface area contributed by atoms with Gasteiger partial charge in [-0.1, -0.05) is 68.7 Å². The Morgan fingerprint density at radius 2 is 1.95 bits per heavy atom. The Bertz CT molecular complexity index is 1840. The fourth-order valence-corrected chi connectivity index (χ4v) is 5.28. The van der Waals surface area contributed by atoms with E-state index in [0.717, 1.165) is 18.4 Å². The smallest absolute Gasteiger partial charge is 0.212 e. The van der Waals surface area contributed by atoms with Crippen LogP contribution in [0.25, 0.3) is 10.9 Å². The maximum Gasteiger partial charge on any atom is 0.212 e. The van der Waals surface area contributed by atoms with Gasteiger partial charge in [0.1, 0.15) is 6.07 Å². The first-order valence-corrected chi connectivity index (χ1v) is 14.0. The van der Waals surface area contributed by atoms with Crippen molar-refractivity contribution >= 4 is 33.9 Å². The Hall–Kier alpha value is -4.39. The lowest BCUT2D eigenvalue weighted by molar-refractivity contribution is 0.260. The molecule has 0 radical (unpaired) electrons. The van der Waals surface area contributed by atoms with Crippen LogP contribution in [0.4, 0.5) is 15.8 Å². The van der Waals surface area contributed by atoms with Gasteiger partial charge in [-0.25, -0.2) is 4.98 Å². The van der Waals surface area contributed by atoms with Gasteiger partial charge in [-0.05, 0) is 47.6 Å². The largest absolute Gasteiger partial charge is 0.376 e. The zero-order valence-electron chi connectivity index (χ0n) is 27.0. The third kappa shape index (κ3) is 5.69. The summed E-state index contributed by atoms with van der Waals surface area (Å²) < 4.78 is 48.5. The molecule has 2 atom stereocenters. The number of nitrogens with zero attached hydrogens (tertiary/aromatic N) is 4. The predicted octanol–water partition coefficient (Wildman–Crippen LogP) is 6.98. The maximum atomic E-state index is 13.8. The fourth-order valence-electron chi connectivity index (χ4n) is 5.01. The molecule has 1 unspecified atom stereocenters. The molecule has 4 N–H and O–H groups in total. The average Bonchev–Trinajstić information content (AvgIpc) is 3.75. The van der Waals surface area contributed by atoms with Gasteiger partial charge in [-0.2, -0.15) is 9.65 Å². The van der Waals surface area contributed by atoms with E-state index in [-0.39, 0.29) is 10.6 Å². The first-order chi connectivity index (χ1) is 21.8. The van der Waals surface area contributed by atoms with Gasteiger partial charge in [0.05, 0.1) is 40.9 Å². The van der Waals surface area contributed by atoms with E-state index < -0.39 is 30.3 Å². The van der Waals surface area contributed by atoms with Crippen molar-refractivity contribution in [3.63, 3.8) is 0 Å². The SMILES string of the molecule is [2H]C([2H])([2H])C(C)(C)C(Nc1c(C#N)cnc2c(Cl)cc(N[C@@]([2H])(C3=CN(C4CC4)NN3)c3ccc(F)nc3)cc12)c1ccccc1.